The van der Waals surface area contributed by atoms with Crippen molar-refractivity contribution in [3.8, 4) is 0 Å². The summed E-state index contributed by atoms with van der Waals surface area (Å²) in [5.41, 5.74) is 6.37. The molecule has 0 unspecified atom stereocenters. The van der Waals surface area contributed by atoms with Crippen LogP contribution in [0.25, 0.3) is 28.0 Å². The van der Waals surface area contributed by atoms with Gasteiger partial charge >= 0.3 is 7.60 Å². The molecule has 0 saturated heterocycles. The van der Waals surface area contributed by atoms with Crippen molar-refractivity contribution in [1.29, 1.82) is 0 Å². The number of rotatable bonds is 9. The van der Waals surface area contributed by atoms with Gasteiger partial charge in [-0.25, -0.2) is 0 Å². The molecule has 3 aromatic carbocycles. The van der Waals surface area contributed by atoms with Crippen molar-refractivity contribution < 1.29 is 18.5 Å². The van der Waals surface area contributed by atoms with Crippen molar-refractivity contribution in [2.45, 2.75) is 33.1 Å². The Hall–Kier alpha value is -2.98. The number of oxime groups is 1. The van der Waals surface area contributed by atoms with E-state index in [4.69, 9.17) is 13.9 Å². The van der Waals surface area contributed by atoms with Crippen LogP contribution in [0.5, 0.6) is 0 Å². The van der Waals surface area contributed by atoms with Gasteiger partial charge in [0.1, 0.15) is 7.11 Å². The van der Waals surface area contributed by atoms with Gasteiger partial charge in [0.2, 0.25) is 0 Å². The van der Waals surface area contributed by atoms with E-state index in [-0.39, 0.29) is 0 Å². The molecule has 0 amide bonds. The molecule has 0 N–H and O–H groups in total. The van der Waals surface area contributed by atoms with Crippen molar-refractivity contribution in [2.24, 2.45) is 5.16 Å². The zero-order chi connectivity index (χ0) is 24.7. The summed E-state index contributed by atoms with van der Waals surface area (Å²) in [5.74, 6) is 1.58. The Balaban J connectivity index is 2.02. The molecular weight excluding hydrogens is 457 g/mol. The number of benzene rings is 3. The molecule has 1 aliphatic rings. The SMILES string of the molecule is CCOP(=O)(/C=C/c1ccc2ccccc2c1C1=C(c2ccccc2)CCC/C1=N\OC)OCC. The first kappa shape index (κ1) is 25.1. The van der Waals surface area contributed by atoms with Gasteiger partial charge in [-0.3, -0.25) is 4.57 Å². The van der Waals surface area contributed by atoms with Crippen LogP contribution in [-0.2, 0) is 18.5 Å². The lowest BCUT2D eigenvalue weighted by molar-refractivity contribution is 0.213. The van der Waals surface area contributed by atoms with E-state index in [1.807, 2.05) is 38.1 Å². The highest BCUT2D eigenvalue weighted by atomic mass is 31.2. The van der Waals surface area contributed by atoms with Gasteiger partial charge in [0, 0.05) is 11.4 Å². The van der Waals surface area contributed by atoms with Crippen molar-refractivity contribution in [3.63, 3.8) is 0 Å². The third-order valence-corrected chi connectivity index (χ3v) is 7.77. The Labute approximate surface area is 207 Å². The Kier molecular flexibility index (Phi) is 8.35. The number of hydrogen-bond donors (Lipinski definition) is 0. The summed E-state index contributed by atoms with van der Waals surface area (Å²) in [7, 11) is -1.77. The summed E-state index contributed by atoms with van der Waals surface area (Å²) < 4.78 is 24.2. The van der Waals surface area contributed by atoms with E-state index in [0.29, 0.717) is 13.2 Å². The van der Waals surface area contributed by atoms with E-state index in [1.165, 1.54) is 11.1 Å². The van der Waals surface area contributed by atoms with Crippen LogP contribution in [0.3, 0.4) is 0 Å². The van der Waals surface area contributed by atoms with Crippen LogP contribution in [0.15, 0.2) is 77.7 Å². The Morgan fingerprint density at radius 3 is 2.34 bits per heavy atom. The summed E-state index contributed by atoms with van der Waals surface area (Å²) >= 11 is 0. The summed E-state index contributed by atoms with van der Waals surface area (Å²) in [6, 6.07) is 22.9. The molecule has 0 aliphatic heterocycles. The van der Waals surface area contributed by atoms with E-state index < -0.39 is 7.60 Å². The standard InChI is InChI=1S/C29H32NO4P/c1-4-33-35(31,34-5-2)21-20-24-19-18-23-14-9-10-15-25(23)28(24)29-26(22-12-7-6-8-13-22)16-11-17-27(29)30-32-3/h6-10,12-15,18-21H,4-5,11,16-17H2,1-3H3/b21-20+,30-27+. The topological polar surface area (TPSA) is 57.1 Å². The number of nitrogens with zero attached hydrogens (tertiary/aromatic N) is 1. The van der Waals surface area contributed by atoms with Crippen LogP contribution in [-0.4, -0.2) is 26.0 Å². The quantitative estimate of drug-likeness (QED) is 0.225. The third kappa shape index (κ3) is 5.65. The van der Waals surface area contributed by atoms with Gasteiger partial charge in [0.15, 0.2) is 0 Å². The largest absolute Gasteiger partial charge is 0.399 e. The molecule has 0 bridgehead atoms. The molecule has 0 atom stereocenters. The molecule has 182 valence electrons. The van der Waals surface area contributed by atoms with Crippen LogP contribution < -0.4 is 0 Å². The maximum atomic E-state index is 13.2. The minimum atomic E-state index is -3.36. The highest BCUT2D eigenvalue weighted by molar-refractivity contribution is 7.57. The molecule has 5 nitrogen and oxygen atoms in total. The van der Waals surface area contributed by atoms with Crippen molar-refractivity contribution >= 4 is 41.3 Å². The minimum absolute atomic E-state index is 0.306. The maximum Gasteiger partial charge on any atom is 0.354 e. The number of allylic oxidation sites excluding steroid dienone is 2. The second kappa shape index (κ2) is 11.6. The Morgan fingerprint density at radius 1 is 0.914 bits per heavy atom. The van der Waals surface area contributed by atoms with E-state index in [2.05, 4.69) is 53.7 Å². The first-order chi connectivity index (χ1) is 17.1. The Bertz CT molecular complexity index is 1300. The van der Waals surface area contributed by atoms with Crippen molar-refractivity contribution in [3.05, 3.63) is 89.2 Å². The van der Waals surface area contributed by atoms with Gasteiger partial charge in [-0.2, -0.15) is 0 Å². The lowest BCUT2D eigenvalue weighted by Crippen LogP contribution is -2.13. The zero-order valence-corrected chi connectivity index (χ0v) is 21.5. The summed E-state index contributed by atoms with van der Waals surface area (Å²) in [6.07, 6.45) is 4.62. The predicted molar refractivity (Wildman–Crippen MR) is 145 cm³/mol. The highest BCUT2D eigenvalue weighted by Gasteiger charge is 2.26. The second-order valence-electron chi connectivity index (χ2n) is 8.24. The fourth-order valence-corrected chi connectivity index (χ4v) is 5.95. The molecular formula is C29H32NO4P. The first-order valence-corrected chi connectivity index (χ1v) is 13.7. The van der Waals surface area contributed by atoms with Crippen LogP contribution in [0.4, 0.5) is 0 Å². The highest BCUT2D eigenvalue weighted by Crippen LogP contribution is 2.50. The molecule has 4 rings (SSSR count). The van der Waals surface area contributed by atoms with Gasteiger partial charge in [-0.1, -0.05) is 71.9 Å². The predicted octanol–water partition coefficient (Wildman–Crippen LogP) is 8.17. The van der Waals surface area contributed by atoms with Crippen molar-refractivity contribution in [2.75, 3.05) is 20.3 Å². The van der Waals surface area contributed by atoms with Gasteiger partial charge < -0.3 is 13.9 Å². The third-order valence-electron chi connectivity index (χ3n) is 6.02. The van der Waals surface area contributed by atoms with Crippen LogP contribution in [0.2, 0.25) is 0 Å². The molecule has 0 fully saturated rings. The van der Waals surface area contributed by atoms with E-state index >= 15 is 0 Å². The van der Waals surface area contributed by atoms with Crippen LogP contribution in [0, 0.1) is 0 Å². The monoisotopic (exact) mass is 489 g/mol. The second-order valence-corrected chi connectivity index (χ2v) is 10.1. The zero-order valence-electron chi connectivity index (χ0n) is 20.6. The van der Waals surface area contributed by atoms with E-state index in [9.17, 15) is 4.57 Å². The summed E-state index contributed by atoms with van der Waals surface area (Å²) in [6.45, 7) is 4.24. The summed E-state index contributed by atoms with van der Waals surface area (Å²) in [5, 5.41) is 6.69. The fraction of sp³-hybridized carbons (Fsp3) is 0.276. The smallest absolute Gasteiger partial charge is 0.354 e. The molecule has 0 heterocycles. The molecule has 35 heavy (non-hydrogen) atoms. The molecule has 0 spiro atoms. The average molecular weight is 490 g/mol. The summed E-state index contributed by atoms with van der Waals surface area (Å²) in [4.78, 5) is 5.30. The van der Waals surface area contributed by atoms with Crippen molar-refractivity contribution in [1.82, 2.24) is 0 Å². The molecule has 0 radical (unpaired) electrons. The lowest BCUT2D eigenvalue weighted by atomic mass is 9.79. The average Bonchev–Trinajstić information content (AvgIpc) is 2.88. The first-order valence-electron chi connectivity index (χ1n) is 12.1. The van der Waals surface area contributed by atoms with E-state index in [0.717, 1.165) is 52.4 Å². The molecule has 0 saturated carbocycles. The maximum absolute atomic E-state index is 13.2. The number of hydrogen-bond acceptors (Lipinski definition) is 5. The normalized spacial score (nSPS) is 15.9. The van der Waals surface area contributed by atoms with Gasteiger partial charge in [0.05, 0.1) is 18.9 Å². The molecule has 0 aromatic heterocycles. The molecule has 6 heteroatoms. The van der Waals surface area contributed by atoms with Gasteiger partial charge in [0.25, 0.3) is 0 Å². The number of fused-ring (bicyclic) bond motifs is 1. The fourth-order valence-electron chi connectivity index (χ4n) is 4.64. The van der Waals surface area contributed by atoms with Gasteiger partial charge in [-0.05, 0) is 72.2 Å². The van der Waals surface area contributed by atoms with Crippen LogP contribution in [0.1, 0.15) is 49.8 Å². The lowest BCUT2D eigenvalue weighted by Gasteiger charge is -2.25. The van der Waals surface area contributed by atoms with Crippen LogP contribution >= 0.6 is 7.60 Å². The molecule has 1 aliphatic carbocycles. The van der Waals surface area contributed by atoms with E-state index in [1.54, 1.807) is 12.9 Å². The minimum Gasteiger partial charge on any atom is -0.399 e. The Morgan fingerprint density at radius 2 is 1.63 bits per heavy atom. The van der Waals surface area contributed by atoms with Gasteiger partial charge in [-0.15, -0.1) is 0 Å². The molecule has 3 aromatic rings.